The van der Waals surface area contributed by atoms with E-state index in [1.165, 1.54) is 0 Å². The van der Waals surface area contributed by atoms with Crippen LogP contribution in [0.4, 0.5) is 10.5 Å². The van der Waals surface area contributed by atoms with Gasteiger partial charge in [-0.1, -0.05) is 36.4 Å². The minimum atomic E-state index is -0.669. The predicted octanol–water partition coefficient (Wildman–Crippen LogP) is 4.08. The zero-order valence-electron chi connectivity index (χ0n) is 16.3. The van der Waals surface area contributed by atoms with Crippen LogP contribution >= 0.6 is 0 Å². The van der Waals surface area contributed by atoms with Crippen LogP contribution < -0.4 is 16.3 Å². The molecule has 1 heterocycles. The van der Waals surface area contributed by atoms with Crippen molar-refractivity contribution in [2.45, 2.75) is 37.8 Å². The Labute approximate surface area is 173 Å². The van der Waals surface area contributed by atoms with Gasteiger partial charge in [-0.2, -0.15) is 0 Å². The van der Waals surface area contributed by atoms with Crippen LogP contribution in [0.15, 0.2) is 69.9 Å². The average molecular weight is 406 g/mol. The van der Waals surface area contributed by atoms with Crippen LogP contribution in [-0.4, -0.2) is 24.1 Å². The van der Waals surface area contributed by atoms with Crippen molar-refractivity contribution in [3.8, 4) is 0 Å². The first-order valence-electron chi connectivity index (χ1n) is 9.95. The molecule has 0 saturated heterocycles. The highest BCUT2D eigenvalue weighted by Crippen LogP contribution is 2.22. The molecule has 1 aliphatic carbocycles. The monoisotopic (exact) mass is 406 g/mol. The molecule has 0 radical (unpaired) electrons. The van der Waals surface area contributed by atoms with Crippen LogP contribution in [0.3, 0.4) is 0 Å². The van der Waals surface area contributed by atoms with Gasteiger partial charge in [0.25, 0.3) is 5.91 Å². The summed E-state index contributed by atoms with van der Waals surface area (Å²) in [6, 6.07) is 17.5. The highest BCUT2D eigenvalue weighted by atomic mass is 16.6. The summed E-state index contributed by atoms with van der Waals surface area (Å²) >= 11 is 0. The van der Waals surface area contributed by atoms with Crippen molar-refractivity contribution in [3.63, 3.8) is 0 Å². The molecule has 7 nitrogen and oxygen atoms in total. The molecule has 154 valence electrons. The highest BCUT2D eigenvalue weighted by Gasteiger charge is 2.27. The second kappa shape index (κ2) is 8.82. The summed E-state index contributed by atoms with van der Waals surface area (Å²) in [5, 5.41) is 6.26. The zero-order chi connectivity index (χ0) is 20.9. The molecule has 1 aliphatic rings. The number of para-hydroxylation sites is 2. The van der Waals surface area contributed by atoms with E-state index in [0.717, 1.165) is 19.3 Å². The molecule has 0 unspecified atom stereocenters. The van der Waals surface area contributed by atoms with Crippen molar-refractivity contribution in [3.05, 3.63) is 76.6 Å². The van der Waals surface area contributed by atoms with E-state index in [9.17, 15) is 14.4 Å². The molecule has 2 atom stereocenters. The fraction of sp³-hybridized carbons (Fsp3) is 0.261. The van der Waals surface area contributed by atoms with Gasteiger partial charge in [-0.3, -0.25) is 10.1 Å². The summed E-state index contributed by atoms with van der Waals surface area (Å²) in [5.74, 6) is -0.478. The molecule has 2 N–H and O–H groups in total. The molecule has 0 bridgehead atoms. The van der Waals surface area contributed by atoms with E-state index in [-0.39, 0.29) is 17.7 Å². The normalized spacial score (nSPS) is 18.5. The highest BCUT2D eigenvalue weighted by molar-refractivity contribution is 5.96. The van der Waals surface area contributed by atoms with Crippen LogP contribution in [-0.2, 0) is 4.74 Å². The Hall–Kier alpha value is -3.61. The second-order valence-electron chi connectivity index (χ2n) is 7.34. The van der Waals surface area contributed by atoms with E-state index in [0.29, 0.717) is 23.1 Å². The summed E-state index contributed by atoms with van der Waals surface area (Å²) < 4.78 is 10.8. The molecule has 30 heavy (non-hydrogen) atoms. The van der Waals surface area contributed by atoms with Gasteiger partial charge < -0.3 is 14.5 Å². The second-order valence-corrected chi connectivity index (χ2v) is 7.34. The van der Waals surface area contributed by atoms with Crippen molar-refractivity contribution >= 4 is 28.7 Å². The lowest BCUT2D eigenvalue weighted by Gasteiger charge is -2.29. The fourth-order valence-corrected chi connectivity index (χ4v) is 3.69. The van der Waals surface area contributed by atoms with Crippen LogP contribution in [0.2, 0.25) is 0 Å². The summed E-state index contributed by atoms with van der Waals surface area (Å²) in [6.45, 7) is 0. The molecule has 4 rings (SSSR count). The molecule has 0 aliphatic heterocycles. The summed E-state index contributed by atoms with van der Waals surface area (Å²) in [4.78, 5) is 37.0. The van der Waals surface area contributed by atoms with Gasteiger partial charge in [0.1, 0.15) is 17.3 Å². The molecule has 3 aromatic rings. The topological polar surface area (TPSA) is 97.6 Å². The number of carbonyl (C=O) groups is 2. The fourth-order valence-electron chi connectivity index (χ4n) is 3.69. The van der Waals surface area contributed by atoms with Crippen LogP contribution in [0.1, 0.15) is 36.0 Å². The molecular formula is C23H22N2O5. The lowest BCUT2D eigenvalue weighted by molar-refractivity contribution is 0.0711. The Balaban J connectivity index is 1.37. The van der Waals surface area contributed by atoms with Crippen molar-refractivity contribution in [2.24, 2.45) is 0 Å². The number of hydrogen-bond donors (Lipinski definition) is 2. The Morgan fingerprint density at radius 3 is 2.60 bits per heavy atom. The quantitative estimate of drug-likeness (QED) is 0.636. The van der Waals surface area contributed by atoms with Gasteiger partial charge in [0, 0.05) is 23.5 Å². The Morgan fingerprint density at radius 1 is 1.00 bits per heavy atom. The SMILES string of the molecule is O=C(Nc1ccccc1)O[C@H]1CCC[C@@H](NC(=O)c2cc3ccccc3oc2=O)C1. The van der Waals surface area contributed by atoms with E-state index in [1.807, 2.05) is 24.3 Å². The zero-order valence-corrected chi connectivity index (χ0v) is 16.3. The third-order valence-electron chi connectivity index (χ3n) is 5.14. The summed E-state index contributed by atoms with van der Waals surface area (Å²) in [6.07, 6.45) is 1.96. The van der Waals surface area contributed by atoms with Crippen molar-refractivity contribution < 1.29 is 18.7 Å². The molecule has 7 heteroatoms. The number of amides is 2. The number of rotatable bonds is 4. The van der Waals surface area contributed by atoms with E-state index in [1.54, 1.807) is 36.4 Å². The number of anilines is 1. The maximum atomic E-state index is 12.7. The van der Waals surface area contributed by atoms with E-state index < -0.39 is 17.6 Å². The summed E-state index contributed by atoms with van der Waals surface area (Å²) in [7, 11) is 0. The first kappa shape index (κ1) is 19.7. The molecular weight excluding hydrogens is 384 g/mol. The first-order chi connectivity index (χ1) is 14.6. The number of hydrogen-bond acceptors (Lipinski definition) is 5. The smallest absolute Gasteiger partial charge is 0.411 e. The third-order valence-corrected chi connectivity index (χ3v) is 5.14. The molecule has 1 saturated carbocycles. The van der Waals surface area contributed by atoms with Crippen LogP contribution in [0, 0.1) is 0 Å². The molecule has 0 spiro atoms. The molecule has 1 fully saturated rings. The van der Waals surface area contributed by atoms with Crippen molar-refractivity contribution in [1.29, 1.82) is 0 Å². The van der Waals surface area contributed by atoms with Crippen LogP contribution in [0.25, 0.3) is 11.0 Å². The predicted molar refractivity (Wildman–Crippen MR) is 113 cm³/mol. The lowest BCUT2D eigenvalue weighted by atomic mass is 9.92. The van der Waals surface area contributed by atoms with Gasteiger partial charge in [0.2, 0.25) is 0 Å². The van der Waals surface area contributed by atoms with Crippen LogP contribution in [0.5, 0.6) is 0 Å². The molecule has 2 aromatic carbocycles. The standard InChI is InChI=1S/C23H22N2O5/c26-21(19-13-15-7-4-5-12-20(15)30-22(19)27)24-17-10-6-11-18(14-17)29-23(28)25-16-8-2-1-3-9-16/h1-5,7-9,12-13,17-18H,6,10-11,14H2,(H,24,26)(H,25,28)/t17-,18+/m1/s1. The minimum absolute atomic E-state index is 0.0291. The maximum Gasteiger partial charge on any atom is 0.411 e. The van der Waals surface area contributed by atoms with Gasteiger partial charge in [0.15, 0.2) is 0 Å². The van der Waals surface area contributed by atoms with Gasteiger partial charge in [-0.25, -0.2) is 9.59 Å². The number of benzene rings is 2. The number of carbonyl (C=O) groups excluding carboxylic acids is 2. The van der Waals surface area contributed by atoms with Gasteiger partial charge in [-0.15, -0.1) is 0 Å². The minimum Gasteiger partial charge on any atom is -0.446 e. The first-order valence-corrected chi connectivity index (χ1v) is 9.95. The Kier molecular flexibility index (Phi) is 5.79. The van der Waals surface area contributed by atoms with E-state index >= 15 is 0 Å². The van der Waals surface area contributed by atoms with Crippen molar-refractivity contribution in [2.75, 3.05) is 5.32 Å². The van der Waals surface area contributed by atoms with E-state index in [2.05, 4.69) is 10.6 Å². The molecule has 1 aromatic heterocycles. The Bertz CT molecular complexity index is 1110. The third kappa shape index (κ3) is 4.68. The number of ether oxygens (including phenoxy) is 1. The lowest BCUT2D eigenvalue weighted by Crippen LogP contribution is -2.42. The van der Waals surface area contributed by atoms with Gasteiger partial charge in [-0.05, 0) is 43.5 Å². The largest absolute Gasteiger partial charge is 0.446 e. The number of fused-ring (bicyclic) bond motifs is 1. The number of nitrogens with one attached hydrogen (secondary N) is 2. The molecule has 2 amide bonds. The average Bonchev–Trinajstić information content (AvgIpc) is 2.74. The Morgan fingerprint density at radius 2 is 1.77 bits per heavy atom. The van der Waals surface area contributed by atoms with Gasteiger partial charge in [0.05, 0.1) is 0 Å². The van der Waals surface area contributed by atoms with Gasteiger partial charge >= 0.3 is 11.7 Å². The van der Waals surface area contributed by atoms with Crippen molar-refractivity contribution in [1.82, 2.24) is 5.32 Å². The maximum absolute atomic E-state index is 12.7. The summed E-state index contributed by atoms with van der Waals surface area (Å²) in [5.41, 5.74) is 0.399. The van der Waals surface area contributed by atoms with E-state index in [4.69, 9.17) is 9.15 Å².